The minimum Gasteiger partial charge on any atom is -0.287 e. The maximum absolute atomic E-state index is 12.7. The summed E-state index contributed by atoms with van der Waals surface area (Å²) in [5, 5.41) is -0.0128. The Morgan fingerprint density at radius 3 is 2.47 bits per heavy atom. The first-order valence-electron chi connectivity index (χ1n) is 4.71. The van der Waals surface area contributed by atoms with Gasteiger partial charge in [0.15, 0.2) is 5.12 Å². The minimum atomic E-state index is -4.44. The van der Waals surface area contributed by atoms with Crippen molar-refractivity contribution in [1.82, 2.24) is 0 Å². The van der Waals surface area contributed by atoms with Crippen molar-refractivity contribution >= 4 is 16.9 Å². The van der Waals surface area contributed by atoms with E-state index in [1.165, 1.54) is 0 Å². The molecule has 0 saturated carbocycles. The zero-order chi connectivity index (χ0) is 11.9. The second-order valence-corrected chi connectivity index (χ2v) is 4.29. The molecule has 0 aliphatic rings. The number of carbonyl (C=O) groups excluding carboxylic acids is 1. The highest BCUT2D eigenvalue weighted by Gasteiger charge is 2.31. The van der Waals surface area contributed by atoms with Gasteiger partial charge in [-0.3, -0.25) is 4.79 Å². The second kappa shape index (κ2) is 7.09. The molecule has 6 heteroatoms. The molecule has 0 spiro atoms. The fraction of sp³-hybridized carbons (Fsp3) is 0.889. The lowest BCUT2D eigenvalue weighted by molar-refractivity contribution is -0.146. The van der Waals surface area contributed by atoms with Gasteiger partial charge in [0.1, 0.15) is 6.17 Å². The quantitative estimate of drug-likeness (QED) is 0.524. The molecule has 0 saturated heterocycles. The SMILES string of the molecule is CCC(=O)SCCCC(F)CC(F)(F)F. The van der Waals surface area contributed by atoms with E-state index in [0.29, 0.717) is 18.6 Å². The van der Waals surface area contributed by atoms with Crippen molar-refractivity contribution in [3.63, 3.8) is 0 Å². The van der Waals surface area contributed by atoms with Crippen LogP contribution in [0.3, 0.4) is 0 Å². The Hall–Kier alpha value is -0.260. The largest absolute Gasteiger partial charge is 0.391 e. The zero-order valence-electron chi connectivity index (χ0n) is 8.44. The highest BCUT2D eigenvalue weighted by Crippen LogP contribution is 2.25. The Morgan fingerprint density at radius 2 is 2.00 bits per heavy atom. The molecule has 1 atom stereocenters. The van der Waals surface area contributed by atoms with Crippen molar-refractivity contribution in [2.24, 2.45) is 0 Å². The molecule has 15 heavy (non-hydrogen) atoms. The highest BCUT2D eigenvalue weighted by molar-refractivity contribution is 8.13. The van der Waals surface area contributed by atoms with Crippen molar-refractivity contribution in [3.05, 3.63) is 0 Å². The molecule has 0 aliphatic carbocycles. The Balaban J connectivity index is 3.47. The second-order valence-electron chi connectivity index (χ2n) is 3.13. The van der Waals surface area contributed by atoms with Gasteiger partial charge in [-0.25, -0.2) is 4.39 Å². The van der Waals surface area contributed by atoms with Crippen molar-refractivity contribution in [2.75, 3.05) is 5.75 Å². The topological polar surface area (TPSA) is 17.1 Å². The lowest BCUT2D eigenvalue weighted by Crippen LogP contribution is -2.16. The van der Waals surface area contributed by atoms with E-state index in [1.807, 2.05) is 0 Å². The van der Waals surface area contributed by atoms with Crippen molar-refractivity contribution < 1.29 is 22.4 Å². The Labute approximate surface area is 90.6 Å². The summed E-state index contributed by atoms with van der Waals surface area (Å²) in [6, 6.07) is 0. The summed E-state index contributed by atoms with van der Waals surface area (Å²) in [6.45, 7) is 1.71. The number of hydrogen-bond acceptors (Lipinski definition) is 2. The lowest BCUT2D eigenvalue weighted by Gasteiger charge is -2.10. The summed E-state index contributed by atoms with van der Waals surface area (Å²) >= 11 is 1.05. The molecule has 1 nitrogen and oxygen atoms in total. The van der Waals surface area contributed by atoms with E-state index in [-0.39, 0.29) is 11.5 Å². The number of rotatable bonds is 6. The predicted molar refractivity (Wildman–Crippen MR) is 52.6 cm³/mol. The van der Waals surface area contributed by atoms with Crippen LogP contribution in [0.1, 0.15) is 32.6 Å². The normalized spacial score (nSPS) is 13.9. The van der Waals surface area contributed by atoms with Gasteiger partial charge in [-0.05, 0) is 12.8 Å². The molecule has 0 radical (unpaired) electrons. The van der Waals surface area contributed by atoms with E-state index in [4.69, 9.17) is 0 Å². The summed E-state index contributed by atoms with van der Waals surface area (Å²) in [4.78, 5) is 10.8. The van der Waals surface area contributed by atoms with Gasteiger partial charge in [-0.1, -0.05) is 18.7 Å². The van der Waals surface area contributed by atoms with E-state index >= 15 is 0 Å². The monoisotopic (exact) mass is 246 g/mol. The lowest BCUT2D eigenvalue weighted by atomic mass is 10.2. The average molecular weight is 246 g/mol. The molecule has 0 aliphatic heterocycles. The summed E-state index contributed by atoms with van der Waals surface area (Å²) < 4.78 is 47.8. The van der Waals surface area contributed by atoms with Crippen molar-refractivity contribution in [1.29, 1.82) is 0 Å². The molecule has 1 unspecified atom stereocenters. The molecular formula is C9H14F4OS. The molecule has 0 amide bonds. The number of alkyl halides is 4. The van der Waals surface area contributed by atoms with Crippen LogP contribution >= 0.6 is 11.8 Å². The Bertz CT molecular complexity index is 193. The fourth-order valence-corrected chi connectivity index (χ4v) is 1.69. The molecule has 0 bridgehead atoms. The first-order chi connectivity index (χ1) is 6.85. The molecule has 0 aromatic rings. The van der Waals surface area contributed by atoms with Crippen molar-refractivity contribution in [2.45, 2.75) is 45.0 Å². The van der Waals surface area contributed by atoms with E-state index in [1.54, 1.807) is 6.92 Å². The molecular weight excluding hydrogens is 232 g/mol. The standard InChI is InChI=1S/C9H14F4OS/c1-2-8(14)15-5-3-4-7(10)6-9(11,12)13/h7H,2-6H2,1H3. The van der Waals surface area contributed by atoms with E-state index in [9.17, 15) is 22.4 Å². The molecule has 0 fully saturated rings. The van der Waals surface area contributed by atoms with E-state index in [2.05, 4.69) is 0 Å². The number of hydrogen-bond donors (Lipinski definition) is 0. The number of thioether (sulfide) groups is 1. The minimum absolute atomic E-state index is 0.0128. The first kappa shape index (κ1) is 14.7. The van der Waals surface area contributed by atoms with Gasteiger partial charge >= 0.3 is 6.18 Å². The van der Waals surface area contributed by atoms with Gasteiger partial charge < -0.3 is 0 Å². The number of halogens is 4. The van der Waals surface area contributed by atoms with Gasteiger partial charge in [-0.15, -0.1) is 0 Å². The van der Waals surface area contributed by atoms with Crippen LogP contribution in [0.4, 0.5) is 17.6 Å². The Kier molecular flexibility index (Phi) is 6.96. The zero-order valence-corrected chi connectivity index (χ0v) is 9.26. The smallest absolute Gasteiger partial charge is 0.287 e. The molecule has 0 aromatic carbocycles. The predicted octanol–water partition coefficient (Wildman–Crippen LogP) is 3.73. The Morgan fingerprint density at radius 1 is 1.40 bits per heavy atom. The molecule has 0 N–H and O–H groups in total. The highest BCUT2D eigenvalue weighted by atomic mass is 32.2. The van der Waals surface area contributed by atoms with Gasteiger partial charge in [0.2, 0.25) is 0 Å². The average Bonchev–Trinajstić information content (AvgIpc) is 2.09. The summed E-state index contributed by atoms with van der Waals surface area (Å²) in [7, 11) is 0. The van der Waals surface area contributed by atoms with Gasteiger partial charge in [0.25, 0.3) is 0 Å². The summed E-state index contributed by atoms with van der Waals surface area (Å²) in [5.41, 5.74) is 0. The third-order valence-corrected chi connectivity index (χ3v) is 2.77. The molecule has 0 rings (SSSR count). The van der Waals surface area contributed by atoms with E-state index < -0.39 is 18.8 Å². The maximum Gasteiger partial charge on any atom is 0.391 e. The van der Waals surface area contributed by atoms with Crippen LogP contribution in [0.15, 0.2) is 0 Å². The maximum atomic E-state index is 12.7. The van der Waals surface area contributed by atoms with E-state index in [0.717, 1.165) is 11.8 Å². The van der Waals surface area contributed by atoms with Crippen LogP contribution in [-0.2, 0) is 4.79 Å². The van der Waals surface area contributed by atoms with Crippen LogP contribution in [0, 0.1) is 0 Å². The van der Waals surface area contributed by atoms with Crippen LogP contribution in [0.2, 0.25) is 0 Å². The molecule has 0 heterocycles. The van der Waals surface area contributed by atoms with Crippen LogP contribution in [0.25, 0.3) is 0 Å². The summed E-state index contributed by atoms with van der Waals surface area (Å²) in [6.07, 6.45) is -7.11. The number of carbonyl (C=O) groups is 1. The summed E-state index contributed by atoms with van der Waals surface area (Å²) in [5.74, 6) is 0.394. The molecule has 90 valence electrons. The van der Waals surface area contributed by atoms with Crippen molar-refractivity contribution in [3.8, 4) is 0 Å². The first-order valence-corrected chi connectivity index (χ1v) is 5.70. The van der Waals surface area contributed by atoms with Gasteiger partial charge in [-0.2, -0.15) is 13.2 Å². The van der Waals surface area contributed by atoms with Crippen LogP contribution in [-0.4, -0.2) is 23.2 Å². The van der Waals surface area contributed by atoms with Crippen LogP contribution < -0.4 is 0 Å². The third kappa shape index (κ3) is 10.0. The van der Waals surface area contributed by atoms with Crippen LogP contribution in [0.5, 0.6) is 0 Å². The van der Waals surface area contributed by atoms with Gasteiger partial charge in [0.05, 0.1) is 6.42 Å². The van der Waals surface area contributed by atoms with Gasteiger partial charge in [0, 0.05) is 12.2 Å². The molecule has 0 aromatic heterocycles. The fourth-order valence-electron chi connectivity index (χ4n) is 0.946. The third-order valence-electron chi connectivity index (χ3n) is 1.67.